The lowest BCUT2D eigenvalue weighted by Crippen LogP contribution is -2.08. The van der Waals surface area contributed by atoms with Crippen LogP contribution in [0.4, 0.5) is 8.78 Å². The first kappa shape index (κ1) is 15.9. The summed E-state index contributed by atoms with van der Waals surface area (Å²) in [4.78, 5) is 0. The first-order valence-corrected chi connectivity index (χ1v) is 7.43. The Morgan fingerprint density at radius 1 is 1.14 bits per heavy atom. The average Bonchev–Trinajstić information content (AvgIpc) is 2.51. The van der Waals surface area contributed by atoms with Crippen LogP contribution in [0.15, 0.2) is 40.9 Å². The smallest absolute Gasteiger partial charge is 0.146 e. The van der Waals surface area contributed by atoms with Gasteiger partial charge in [0.05, 0.1) is 10.0 Å². The Bertz CT molecular complexity index is 616. The maximum Gasteiger partial charge on any atom is 0.146 e. The molecule has 0 spiro atoms. The van der Waals surface area contributed by atoms with Crippen molar-refractivity contribution in [1.29, 1.82) is 0 Å². The summed E-state index contributed by atoms with van der Waals surface area (Å²) in [5, 5.41) is 0. The molecule has 1 atom stereocenters. The number of halogens is 3. The molecule has 0 aliphatic heterocycles. The quantitative estimate of drug-likeness (QED) is 0.787. The van der Waals surface area contributed by atoms with Crippen molar-refractivity contribution in [3.8, 4) is 5.75 Å². The molecule has 0 radical (unpaired) electrons. The normalized spacial score (nSPS) is 12.2. The van der Waals surface area contributed by atoms with Gasteiger partial charge in [0.2, 0.25) is 0 Å². The summed E-state index contributed by atoms with van der Waals surface area (Å²) >= 11 is 3.03. The van der Waals surface area contributed by atoms with E-state index in [2.05, 4.69) is 15.9 Å². The third-order valence-corrected chi connectivity index (χ3v) is 3.88. The molecule has 2 nitrogen and oxygen atoms in total. The van der Waals surface area contributed by atoms with Crippen LogP contribution in [0.2, 0.25) is 0 Å². The Kier molecular flexibility index (Phi) is 5.31. The SMILES string of the molecule is CC[C@H](N)c1ccc(OCc2c(F)ccc(Br)c2F)cc1. The van der Waals surface area contributed by atoms with Gasteiger partial charge in [0.15, 0.2) is 0 Å². The Morgan fingerprint density at radius 2 is 1.81 bits per heavy atom. The highest BCUT2D eigenvalue weighted by Crippen LogP contribution is 2.24. The topological polar surface area (TPSA) is 35.2 Å². The zero-order chi connectivity index (χ0) is 15.4. The molecule has 0 heterocycles. The van der Waals surface area contributed by atoms with Crippen molar-refractivity contribution in [1.82, 2.24) is 0 Å². The van der Waals surface area contributed by atoms with Crippen molar-refractivity contribution < 1.29 is 13.5 Å². The Labute approximate surface area is 131 Å². The summed E-state index contributed by atoms with van der Waals surface area (Å²) in [5.74, 6) is -0.722. The molecule has 0 fully saturated rings. The largest absolute Gasteiger partial charge is 0.489 e. The van der Waals surface area contributed by atoms with Gasteiger partial charge in [-0.25, -0.2) is 8.78 Å². The fourth-order valence-electron chi connectivity index (χ4n) is 1.90. The first-order valence-electron chi connectivity index (χ1n) is 6.63. The summed E-state index contributed by atoms with van der Waals surface area (Å²) in [6, 6.07) is 9.73. The van der Waals surface area contributed by atoms with Crippen molar-refractivity contribution in [3.05, 3.63) is 63.6 Å². The molecule has 21 heavy (non-hydrogen) atoms. The van der Waals surface area contributed by atoms with Gasteiger partial charge in [0, 0.05) is 6.04 Å². The molecule has 2 N–H and O–H groups in total. The van der Waals surface area contributed by atoms with Gasteiger partial charge in [-0.05, 0) is 52.2 Å². The van der Waals surface area contributed by atoms with Gasteiger partial charge >= 0.3 is 0 Å². The van der Waals surface area contributed by atoms with Crippen molar-refractivity contribution in [2.45, 2.75) is 26.0 Å². The monoisotopic (exact) mass is 355 g/mol. The van der Waals surface area contributed by atoms with E-state index in [4.69, 9.17) is 10.5 Å². The molecule has 0 aliphatic carbocycles. The fraction of sp³-hybridized carbons (Fsp3) is 0.250. The molecular weight excluding hydrogens is 340 g/mol. The maximum absolute atomic E-state index is 13.8. The van der Waals surface area contributed by atoms with Gasteiger partial charge in [-0.3, -0.25) is 0 Å². The van der Waals surface area contributed by atoms with Crippen molar-refractivity contribution in [2.75, 3.05) is 0 Å². The van der Waals surface area contributed by atoms with Crippen LogP contribution < -0.4 is 10.5 Å². The Morgan fingerprint density at radius 3 is 2.43 bits per heavy atom. The van der Waals surface area contributed by atoms with Crippen LogP contribution in [0, 0.1) is 11.6 Å². The van der Waals surface area contributed by atoms with Crippen molar-refractivity contribution in [3.63, 3.8) is 0 Å². The first-order chi connectivity index (χ1) is 10.0. The zero-order valence-corrected chi connectivity index (χ0v) is 13.2. The van der Waals surface area contributed by atoms with Crippen LogP contribution in [0.5, 0.6) is 5.75 Å². The van der Waals surface area contributed by atoms with E-state index in [1.165, 1.54) is 12.1 Å². The van der Waals surface area contributed by atoms with Gasteiger partial charge < -0.3 is 10.5 Å². The van der Waals surface area contributed by atoms with Crippen LogP contribution in [0.3, 0.4) is 0 Å². The van der Waals surface area contributed by atoms with Gasteiger partial charge in [-0.2, -0.15) is 0 Å². The van der Waals surface area contributed by atoms with Gasteiger partial charge in [-0.1, -0.05) is 19.1 Å². The summed E-state index contributed by atoms with van der Waals surface area (Å²) < 4.78 is 33.0. The second kappa shape index (κ2) is 7.00. The van der Waals surface area contributed by atoms with Crippen molar-refractivity contribution >= 4 is 15.9 Å². The van der Waals surface area contributed by atoms with E-state index in [0.717, 1.165) is 12.0 Å². The van der Waals surface area contributed by atoms with E-state index in [1.54, 1.807) is 12.1 Å². The number of nitrogens with two attached hydrogens (primary N) is 1. The fourth-order valence-corrected chi connectivity index (χ4v) is 2.28. The molecule has 0 saturated carbocycles. The van der Waals surface area contributed by atoms with Crippen LogP contribution in [-0.2, 0) is 6.61 Å². The van der Waals surface area contributed by atoms with Crippen LogP contribution >= 0.6 is 15.9 Å². The molecule has 2 aromatic carbocycles. The predicted octanol–water partition coefficient (Wildman–Crippen LogP) is 4.72. The molecule has 0 unspecified atom stereocenters. The number of benzene rings is 2. The van der Waals surface area contributed by atoms with E-state index in [-0.39, 0.29) is 22.7 Å². The predicted molar refractivity (Wildman–Crippen MR) is 82.1 cm³/mol. The standard InChI is InChI=1S/C16H16BrF2NO/c1-2-15(20)10-3-5-11(6-4-10)21-9-12-14(18)8-7-13(17)16(12)19/h3-8,15H,2,9,20H2,1H3/t15-/m0/s1. The van der Waals surface area contributed by atoms with Crippen LogP contribution in [-0.4, -0.2) is 0 Å². The minimum absolute atomic E-state index is 0.0148. The lowest BCUT2D eigenvalue weighted by Gasteiger charge is -2.12. The highest BCUT2D eigenvalue weighted by atomic mass is 79.9. The second-order valence-corrected chi connectivity index (χ2v) is 5.55. The molecule has 0 bridgehead atoms. The lowest BCUT2D eigenvalue weighted by atomic mass is 10.1. The Balaban J connectivity index is 2.08. The molecule has 0 saturated heterocycles. The van der Waals surface area contributed by atoms with Gasteiger partial charge in [0.1, 0.15) is 24.0 Å². The number of hydrogen-bond acceptors (Lipinski definition) is 2. The average molecular weight is 356 g/mol. The molecule has 0 amide bonds. The van der Waals surface area contributed by atoms with Crippen LogP contribution in [0.1, 0.15) is 30.5 Å². The second-order valence-electron chi connectivity index (χ2n) is 4.69. The van der Waals surface area contributed by atoms with Gasteiger partial charge in [-0.15, -0.1) is 0 Å². The zero-order valence-electron chi connectivity index (χ0n) is 11.6. The molecule has 2 rings (SSSR count). The molecule has 5 heteroatoms. The minimum Gasteiger partial charge on any atom is -0.489 e. The number of ether oxygens (including phenoxy) is 1. The summed E-state index contributed by atoms with van der Waals surface area (Å²) in [6.07, 6.45) is 0.842. The molecular formula is C16H16BrF2NO. The van der Waals surface area contributed by atoms with E-state index in [1.807, 2.05) is 19.1 Å². The Hall–Kier alpha value is -1.46. The third kappa shape index (κ3) is 3.80. The van der Waals surface area contributed by atoms with E-state index < -0.39 is 11.6 Å². The molecule has 112 valence electrons. The summed E-state index contributed by atoms with van der Waals surface area (Å²) in [5.41, 5.74) is 6.83. The lowest BCUT2D eigenvalue weighted by molar-refractivity contribution is 0.292. The van der Waals surface area contributed by atoms with E-state index >= 15 is 0 Å². The number of rotatable bonds is 5. The summed E-state index contributed by atoms with van der Waals surface area (Å²) in [6.45, 7) is 1.84. The van der Waals surface area contributed by atoms with E-state index in [9.17, 15) is 8.78 Å². The third-order valence-electron chi connectivity index (χ3n) is 3.27. The highest BCUT2D eigenvalue weighted by Gasteiger charge is 2.13. The van der Waals surface area contributed by atoms with Gasteiger partial charge in [0.25, 0.3) is 0 Å². The molecule has 0 aromatic heterocycles. The summed E-state index contributed by atoms with van der Waals surface area (Å²) in [7, 11) is 0. The molecule has 0 aliphatic rings. The number of hydrogen-bond donors (Lipinski definition) is 1. The van der Waals surface area contributed by atoms with Crippen LogP contribution in [0.25, 0.3) is 0 Å². The van der Waals surface area contributed by atoms with E-state index in [0.29, 0.717) is 5.75 Å². The maximum atomic E-state index is 13.8. The highest BCUT2D eigenvalue weighted by molar-refractivity contribution is 9.10. The molecule has 2 aromatic rings. The van der Waals surface area contributed by atoms with Crippen molar-refractivity contribution in [2.24, 2.45) is 5.73 Å². The minimum atomic E-state index is -0.639.